The Labute approximate surface area is 198 Å². The van der Waals surface area contributed by atoms with Gasteiger partial charge in [0.05, 0.1) is 5.69 Å². The second-order valence-electron chi connectivity index (χ2n) is 8.81. The van der Waals surface area contributed by atoms with Gasteiger partial charge in [0.2, 0.25) is 0 Å². The van der Waals surface area contributed by atoms with Gasteiger partial charge in [0.15, 0.2) is 0 Å². The number of amides is 1. The van der Waals surface area contributed by atoms with Crippen molar-refractivity contribution in [3.8, 4) is 11.5 Å². The lowest BCUT2D eigenvalue weighted by molar-refractivity contribution is 0.0950. The number of halogens is 2. The summed E-state index contributed by atoms with van der Waals surface area (Å²) in [6.45, 7) is 6.10. The molecule has 1 aliphatic rings. The van der Waals surface area contributed by atoms with Gasteiger partial charge in [-0.25, -0.2) is 8.78 Å². The van der Waals surface area contributed by atoms with Crippen LogP contribution in [0.2, 0.25) is 0 Å². The van der Waals surface area contributed by atoms with Crippen LogP contribution < -0.4 is 10.1 Å². The fourth-order valence-corrected chi connectivity index (χ4v) is 4.12. The van der Waals surface area contributed by atoms with Crippen LogP contribution in [0.3, 0.4) is 0 Å². The number of benzene rings is 2. The Morgan fingerprint density at radius 3 is 2.59 bits per heavy atom. The maximum Gasteiger partial charge on any atom is 0.251 e. The van der Waals surface area contributed by atoms with E-state index in [0.29, 0.717) is 28.2 Å². The third kappa shape index (κ3) is 4.64. The highest BCUT2D eigenvalue weighted by molar-refractivity contribution is 5.96. The van der Waals surface area contributed by atoms with Gasteiger partial charge in [0.25, 0.3) is 5.91 Å². The zero-order valence-corrected chi connectivity index (χ0v) is 19.6. The van der Waals surface area contributed by atoms with Crippen LogP contribution in [0.15, 0.2) is 67.0 Å². The summed E-state index contributed by atoms with van der Waals surface area (Å²) in [6, 6.07) is 12.3. The van der Waals surface area contributed by atoms with E-state index in [1.807, 2.05) is 13.1 Å². The van der Waals surface area contributed by atoms with Gasteiger partial charge >= 0.3 is 0 Å². The Morgan fingerprint density at radius 1 is 1.18 bits per heavy atom. The lowest BCUT2D eigenvalue weighted by atomic mass is 9.81. The molecule has 4 rings (SSSR count). The first-order chi connectivity index (χ1) is 16.2. The fraction of sp³-hybridized carbons (Fsp3) is 0.259. The number of hydrogen-bond donors (Lipinski definition) is 1. The fourth-order valence-electron chi connectivity index (χ4n) is 4.12. The smallest absolute Gasteiger partial charge is 0.251 e. The number of hydrogen-bond acceptors (Lipinski definition) is 4. The van der Waals surface area contributed by atoms with Crippen molar-refractivity contribution < 1.29 is 18.3 Å². The van der Waals surface area contributed by atoms with Crippen LogP contribution in [-0.4, -0.2) is 28.9 Å². The first-order valence-corrected chi connectivity index (χ1v) is 11.1. The van der Waals surface area contributed by atoms with Gasteiger partial charge in [-0.2, -0.15) is 0 Å². The molecule has 1 aromatic heterocycles. The minimum absolute atomic E-state index is 0.00445. The van der Waals surface area contributed by atoms with E-state index in [4.69, 9.17) is 4.74 Å². The molecule has 2 unspecified atom stereocenters. The van der Waals surface area contributed by atoms with E-state index in [9.17, 15) is 13.6 Å². The molecule has 34 heavy (non-hydrogen) atoms. The lowest BCUT2D eigenvalue weighted by Crippen LogP contribution is -2.37. The molecule has 1 amide bonds. The van der Waals surface area contributed by atoms with Gasteiger partial charge in [0, 0.05) is 54.5 Å². The maximum absolute atomic E-state index is 13.4. The summed E-state index contributed by atoms with van der Waals surface area (Å²) >= 11 is 0. The molecule has 2 heterocycles. The van der Waals surface area contributed by atoms with Crippen LogP contribution in [0.5, 0.6) is 11.5 Å². The van der Waals surface area contributed by atoms with Gasteiger partial charge in [0.1, 0.15) is 23.1 Å². The molecule has 1 N–H and O–H groups in total. The summed E-state index contributed by atoms with van der Waals surface area (Å²) in [7, 11) is 2.04. The zero-order chi connectivity index (χ0) is 24.5. The van der Waals surface area contributed by atoms with Gasteiger partial charge in [-0.15, -0.1) is 0 Å². The van der Waals surface area contributed by atoms with Crippen LogP contribution >= 0.6 is 0 Å². The van der Waals surface area contributed by atoms with Crippen molar-refractivity contribution in [2.24, 2.45) is 0 Å². The predicted octanol–water partition coefficient (Wildman–Crippen LogP) is 5.50. The Bertz CT molecular complexity index is 1240. The van der Waals surface area contributed by atoms with Crippen LogP contribution in [0.1, 0.15) is 41.0 Å². The summed E-state index contributed by atoms with van der Waals surface area (Å²) < 4.78 is 33.0. The third-order valence-corrected chi connectivity index (χ3v) is 6.55. The predicted molar refractivity (Wildman–Crippen MR) is 127 cm³/mol. The van der Waals surface area contributed by atoms with Gasteiger partial charge in [-0.05, 0) is 62.9 Å². The molecule has 5 nitrogen and oxygen atoms in total. The summed E-state index contributed by atoms with van der Waals surface area (Å²) in [5, 5.41) is 2.71. The van der Waals surface area contributed by atoms with Crippen molar-refractivity contribution in [3.63, 3.8) is 0 Å². The number of pyridine rings is 1. The average Bonchev–Trinajstić information content (AvgIpc) is 3.07. The molecule has 2 aromatic carbocycles. The molecule has 0 bridgehead atoms. The van der Waals surface area contributed by atoms with Crippen molar-refractivity contribution in [2.45, 2.75) is 38.8 Å². The molecule has 0 fully saturated rings. The van der Waals surface area contributed by atoms with E-state index in [0.717, 1.165) is 11.8 Å². The normalized spacial score (nSPS) is 19.4. The van der Waals surface area contributed by atoms with Gasteiger partial charge < -0.3 is 15.0 Å². The third-order valence-electron chi connectivity index (χ3n) is 6.55. The Kier molecular flexibility index (Phi) is 6.37. The van der Waals surface area contributed by atoms with Gasteiger partial charge in [-0.3, -0.25) is 9.78 Å². The Balaban J connectivity index is 1.51. The van der Waals surface area contributed by atoms with Gasteiger partial charge in [-0.1, -0.05) is 12.1 Å². The maximum atomic E-state index is 13.4. The molecular weight excluding hydrogens is 436 g/mol. The Hall–Kier alpha value is -3.74. The quantitative estimate of drug-likeness (QED) is 0.525. The molecule has 7 heteroatoms. The van der Waals surface area contributed by atoms with E-state index < -0.39 is 11.6 Å². The van der Waals surface area contributed by atoms with Crippen molar-refractivity contribution in [1.82, 2.24) is 15.2 Å². The molecule has 0 saturated heterocycles. The number of nitrogens with zero attached hydrogens (tertiary/aromatic N) is 2. The molecule has 0 saturated carbocycles. The summed E-state index contributed by atoms with van der Waals surface area (Å²) in [5.41, 5.74) is 2.07. The lowest BCUT2D eigenvalue weighted by Gasteiger charge is -2.31. The molecule has 3 aromatic rings. The van der Waals surface area contributed by atoms with E-state index in [-0.39, 0.29) is 23.9 Å². The number of ether oxygens (including phenoxy) is 1. The highest BCUT2D eigenvalue weighted by Gasteiger charge is 2.38. The van der Waals surface area contributed by atoms with Crippen molar-refractivity contribution in [1.29, 1.82) is 0 Å². The second kappa shape index (κ2) is 9.25. The minimum Gasteiger partial charge on any atom is -0.457 e. The first-order valence-electron chi connectivity index (χ1n) is 11.1. The largest absolute Gasteiger partial charge is 0.457 e. The number of likely N-dealkylation sites (N-methyl/N-ethyl adjacent to an activating group) is 1. The van der Waals surface area contributed by atoms with Crippen LogP contribution in [0.25, 0.3) is 0 Å². The molecule has 176 valence electrons. The highest BCUT2D eigenvalue weighted by atomic mass is 19.1. The topological polar surface area (TPSA) is 54.5 Å². The number of carbonyl (C=O) groups excluding carboxylic acids is 1. The van der Waals surface area contributed by atoms with E-state index in [2.05, 4.69) is 41.3 Å². The minimum atomic E-state index is -0.685. The highest BCUT2D eigenvalue weighted by Crippen LogP contribution is 2.37. The molecule has 0 aliphatic carbocycles. The SMILES string of the molecule is Cc1c(Oc2ccnc(C3(C)C=CN(C)C3C)c2)cccc1C(=O)NCc1cc(F)cc(F)c1. The van der Waals surface area contributed by atoms with Crippen molar-refractivity contribution in [3.05, 3.63) is 101 Å². The average molecular weight is 464 g/mol. The monoisotopic (exact) mass is 463 g/mol. The number of nitrogens with one attached hydrogen (secondary N) is 1. The number of aromatic nitrogens is 1. The molecular formula is C27H27F2N3O2. The molecule has 0 radical (unpaired) electrons. The second-order valence-corrected chi connectivity index (χ2v) is 8.81. The van der Waals surface area contributed by atoms with Crippen LogP contribution in [0, 0.1) is 18.6 Å². The summed E-state index contributed by atoms with van der Waals surface area (Å²) in [6.07, 6.45) is 5.92. The zero-order valence-electron chi connectivity index (χ0n) is 19.6. The number of carbonyl (C=O) groups is 1. The Morgan fingerprint density at radius 2 is 1.91 bits per heavy atom. The summed E-state index contributed by atoms with van der Waals surface area (Å²) in [4.78, 5) is 19.5. The van der Waals surface area contributed by atoms with Crippen LogP contribution in [0.4, 0.5) is 8.78 Å². The standard InChI is InChI=1S/C27H27F2N3O2/c1-17-23(26(33)31-16-19-12-20(28)14-21(29)13-19)6-5-7-24(17)34-22-8-10-30-25(15-22)27(3)9-11-32(4)18(27)2/h5-15,18H,16H2,1-4H3,(H,31,33). The van der Waals surface area contributed by atoms with Crippen molar-refractivity contribution in [2.75, 3.05) is 7.05 Å². The van der Waals surface area contributed by atoms with Crippen LogP contribution in [-0.2, 0) is 12.0 Å². The van der Waals surface area contributed by atoms with E-state index >= 15 is 0 Å². The molecule has 0 spiro atoms. The molecule has 1 aliphatic heterocycles. The summed E-state index contributed by atoms with van der Waals surface area (Å²) in [5.74, 6) is -0.564. The van der Waals surface area contributed by atoms with E-state index in [1.165, 1.54) is 12.1 Å². The van der Waals surface area contributed by atoms with Crippen molar-refractivity contribution >= 4 is 5.91 Å². The first kappa shape index (κ1) is 23.4. The van der Waals surface area contributed by atoms with E-state index in [1.54, 1.807) is 37.4 Å². The molecule has 2 atom stereocenters. The number of rotatable bonds is 6.